The van der Waals surface area contributed by atoms with Crippen LogP contribution in [0, 0.1) is 6.08 Å². The largest absolute Gasteiger partial charge is 4.00 e. The first-order valence-electron chi connectivity index (χ1n) is 6.20. The maximum atomic E-state index is 2.99. The molecule has 0 aliphatic heterocycles. The molecular weight excluding hydrogens is 478 g/mol. The van der Waals surface area contributed by atoms with E-state index >= 15 is 0 Å². The van der Waals surface area contributed by atoms with E-state index in [0.717, 1.165) is 6.42 Å². The molecule has 0 spiro atoms. The van der Waals surface area contributed by atoms with Gasteiger partial charge in [-0.05, 0) is 0 Å². The number of rotatable bonds is 0. The van der Waals surface area contributed by atoms with Crippen LogP contribution in [0.5, 0.6) is 0 Å². The Morgan fingerprint density at radius 1 is 0.818 bits per heavy atom. The minimum absolute atomic E-state index is 0. The Bertz CT molecular complexity index is 666. The topological polar surface area (TPSA) is 0 Å². The standard InChI is InChI=1S/C13H9.C5H5.CH4.2ClH.Hf/c1-3-7-12-10(5-1)9-11-6-2-4-8-13(11)12;1-2-4-5-3-1;;;;/h1-9H;1-3H,4H2;1H4;2*1H;/q2*-1;;;;+4/p-2. The molecule has 3 aromatic carbocycles. The fourth-order valence-electron chi connectivity index (χ4n) is 2.24. The number of hydrogen-bond acceptors (Lipinski definition) is 0. The normalized spacial score (nSPS) is 10.5. The molecule has 1 aliphatic rings. The van der Waals surface area contributed by atoms with Crippen molar-refractivity contribution in [1.29, 1.82) is 0 Å². The summed E-state index contributed by atoms with van der Waals surface area (Å²) in [6.07, 6.45) is 10.0. The van der Waals surface area contributed by atoms with Crippen LogP contribution >= 0.6 is 0 Å². The molecule has 0 unspecified atom stereocenters. The smallest absolute Gasteiger partial charge is 1.00 e. The number of hydrogen-bond donors (Lipinski definition) is 0. The van der Waals surface area contributed by atoms with Crippen molar-refractivity contribution in [2.75, 3.05) is 0 Å². The molecule has 112 valence electrons. The van der Waals surface area contributed by atoms with Crippen LogP contribution in [0.1, 0.15) is 13.8 Å². The molecule has 0 bridgehead atoms. The van der Waals surface area contributed by atoms with Gasteiger partial charge in [-0.1, -0.05) is 43.8 Å². The predicted octanol–water partition coefficient (Wildman–Crippen LogP) is -0.341. The molecule has 3 heteroatoms. The molecule has 0 heterocycles. The van der Waals surface area contributed by atoms with Crippen molar-refractivity contribution < 1.29 is 50.7 Å². The third-order valence-electron chi connectivity index (χ3n) is 3.11. The summed E-state index contributed by atoms with van der Waals surface area (Å²) >= 11 is 0. The summed E-state index contributed by atoms with van der Waals surface area (Å²) in [5.41, 5.74) is 0. The zero-order chi connectivity index (χ0) is 12.2. The molecule has 0 fully saturated rings. The Balaban J connectivity index is 0. The van der Waals surface area contributed by atoms with Crippen molar-refractivity contribution >= 4 is 21.5 Å². The SMILES string of the molecule is C.[C-]1=CC=CC1.[Cl-].[Cl-].[Hf+4].c1ccc2c(c1)[cH-]c1ccccc12. The van der Waals surface area contributed by atoms with E-state index < -0.39 is 0 Å². The zero-order valence-corrected chi connectivity index (χ0v) is 16.5. The van der Waals surface area contributed by atoms with Crippen molar-refractivity contribution in [1.82, 2.24) is 0 Å². The molecule has 1 aliphatic carbocycles. The molecule has 0 aromatic heterocycles. The Labute approximate surface area is 164 Å². The van der Waals surface area contributed by atoms with Crippen LogP contribution in [0.2, 0.25) is 0 Å². The zero-order valence-electron chi connectivity index (χ0n) is 11.4. The number of benzene rings is 2. The van der Waals surface area contributed by atoms with Gasteiger partial charge in [0.25, 0.3) is 0 Å². The minimum Gasteiger partial charge on any atom is -1.00 e. The first kappa shape index (κ1) is 23.5. The second-order valence-electron chi connectivity index (χ2n) is 4.32. The molecule has 4 rings (SSSR count). The number of fused-ring (bicyclic) bond motifs is 3. The molecule has 0 saturated carbocycles. The minimum atomic E-state index is 0. The van der Waals surface area contributed by atoms with Gasteiger partial charge in [-0.3, -0.25) is 6.08 Å². The molecule has 0 nitrogen and oxygen atoms in total. The number of allylic oxidation sites excluding steroid dienone is 4. The van der Waals surface area contributed by atoms with E-state index in [1.165, 1.54) is 21.5 Å². The van der Waals surface area contributed by atoms with E-state index in [-0.39, 0.29) is 58.1 Å². The first-order valence-corrected chi connectivity index (χ1v) is 6.20. The molecular formula is C19H18Cl2Hf. The summed E-state index contributed by atoms with van der Waals surface area (Å²) in [6, 6.07) is 19.3. The van der Waals surface area contributed by atoms with Crippen LogP contribution in [0.3, 0.4) is 0 Å². The third-order valence-corrected chi connectivity index (χ3v) is 3.11. The molecule has 0 saturated heterocycles. The van der Waals surface area contributed by atoms with Gasteiger partial charge >= 0.3 is 25.8 Å². The van der Waals surface area contributed by atoms with E-state index in [1.807, 2.05) is 12.2 Å². The van der Waals surface area contributed by atoms with Crippen LogP contribution in [0.25, 0.3) is 21.5 Å². The van der Waals surface area contributed by atoms with Crippen LogP contribution in [-0.2, 0) is 25.8 Å². The van der Waals surface area contributed by atoms with Gasteiger partial charge in [0.15, 0.2) is 0 Å². The molecule has 0 radical (unpaired) electrons. The number of halogens is 2. The van der Waals surface area contributed by atoms with Gasteiger partial charge < -0.3 is 24.8 Å². The average Bonchev–Trinajstić information content (AvgIpc) is 3.10. The van der Waals surface area contributed by atoms with Gasteiger partial charge in [-0.25, -0.2) is 12.2 Å². The first-order chi connectivity index (χ1) is 8.95. The van der Waals surface area contributed by atoms with Crippen molar-refractivity contribution in [2.45, 2.75) is 13.8 Å². The molecule has 0 atom stereocenters. The summed E-state index contributed by atoms with van der Waals surface area (Å²) in [5.74, 6) is 0. The van der Waals surface area contributed by atoms with Crippen molar-refractivity contribution in [2.24, 2.45) is 0 Å². The Kier molecular flexibility index (Phi) is 12.6. The van der Waals surface area contributed by atoms with Gasteiger partial charge in [-0.15, -0.1) is 46.2 Å². The van der Waals surface area contributed by atoms with Crippen LogP contribution in [0.4, 0.5) is 0 Å². The second kappa shape index (κ2) is 11.8. The van der Waals surface area contributed by atoms with E-state index in [1.54, 1.807) is 0 Å². The molecule has 0 N–H and O–H groups in total. The van der Waals surface area contributed by atoms with Gasteiger partial charge in [0.2, 0.25) is 0 Å². The fraction of sp³-hybridized carbons (Fsp3) is 0.105. The fourth-order valence-corrected chi connectivity index (χ4v) is 2.24. The Morgan fingerprint density at radius 2 is 1.32 bits per heavy atom. The van der Waals surface area contributed by atoms with Crippen molar-refractivity contribution in [3.63, 3.8) is 0 Å². The maximum absolute atomic E-state index is 2.99. The quantitative estimate of drug-likeness (QED) is 0.296. The van der Waals surface area contributed by atoms with E-state index in [4.69, 9.17) is 0 Å². The average molecular weight is 496 g/mol. The van der Waals surface area contributed by atoms with E-state index in [9.17, 15) is 0 Å². The van der Waals surface area contributed by atoms with Gasteiger partial charge in [0, 0.05) is 0 Å². The maximum Gasteiger partial charge on any atom is 4.00 e. The van der Waals surface area contributed by atoms with Crippen LogP contribution in [-0.4, -0.2) is 0 Å². The molecule has 0 amide bonds. The Hall–Kier alpha value is -0.760. The van der Waals surface area contributed by atoms with Crippen LogP contribution < -0.4 is 24.8 Å². The van der Waals surface area contributed by atoms with Gasteiger partial charge in [0.1, 0.15) is 0 Å². The van der Waals surface area contributed by atoms with Crippen molar-refractivity contribution in [3.8, 4) is 0 Å². The summed E-state index contributed by atoms with van der Waals surface area (Å²) in [4.78, 5) is 0. The summed E-state index contributed by atoms with van der Waals surface area (Å²) in [5, 5.41) is 5.39. The Morgan fingerprint density at radius 3 is 1.68 bits per heavy atom. The molecule has 22 heavy (non-hydrogen) atoms. The predicted molar refractivity (Wildman–Crippen MR) is 85.3 cm³/mol. The third kappa shape index (κ3) is 5.46. The van der Waals surface area contributed by atoms with Crippen LogP contribution in [0.15, 0.2) is 72.8 Å². The summed E-state index contributed by atoms with van der Waals surface area (Å²) in [6.45, 7) is 0. The summed E-state index contributed by atoms with van der Waals surface area (Å²) < 4.78 is 0. The second-order valence-corrected chi connectivity index (χ2v) is 4.32. The van der Waals surface area contributed by atoms with E-state index in [0.29, 0.717) is 0 Å². The summed E-state index contributed by atoms with van der Waals surface area (Å²) in [7, 11) is 0. The van der Waals surface area contributed by atoms with Gasteiger partial charge in [0.05, 0.1) is 0 Å². The van der Waals surface area contributed by atoms with E-state index in [2.05, 4.69) is 66.7 Å². The van der Waals surface area contributed by atoms with Crippen molar-refractivity contribution in [3.05, 3.63) is 78.9 Å². The van der Waals surface area contributed by atoms with Gasteiger partial charge in [-0.2, -0.15) is 6.08 Å². The monoisotopic (exact) mass is 496 g/mol. The molecule has 3 aromatic rings.